The van der Waals surface area contributed by atoms with E-state index < -0.39 is 0 Å². The maximum atomic E-state index is 12.4. The standard InChI is InChI=1S/C23H21N5O2/c1-15-9-11-18(12-10-15)25-23-27-20(26-22(24)28-23)14-30-21(29)13-17-7-4-6-16-5-2-3-8-19(16)17/h2-12H,13-14H2,1H3,(H3,24,25,26,27,28). The molecule has 1 aromatic heterocycles. The van der Waals surface area contributed by atoms with Gasteiger partial charge in [0, 0.05) is 5.69 Å². The first-order chi connectivity index (χ1) is 14.6. The summed E-state index contributed by atoms with van der Waals surface area (Å²) in [4.78, 5) is 24.8. The van der Waals surface area contributed by atoms with Crippen molar-refractivity contribution in [2.24, 2.45) is 0 Å². The van der Waals surface area contributed by atoms with E-state index in [1.54, 1.807) is 0 Å². The number of aromatic nitrogens is 3. The van der Waals surface area contributed by atoms with Crippen molar-refractivity contribution in [2.75, 3.05) is 11.1 Å². The summed E-state index contributed by atoms with van der Waals surface area (Å²) in [7, 11) is 0. The van der Waals surface area contributed by atoms with Crippen LogP contribution in [0, 0.1) is 6.92 Å². The highest BCUT2D eigenvalue weighted by Gasteiger charge is 2.11. The molecule has 0 fully saturated rings. The molecule has 0 atom stereocenters. The van der Waals surface area contributed by atoms with Crippen molar-refractivity contribution in [3.63, 3.8) is 0 Å². The van der Waals surface area contributed by atoms with Gasteiger partial charge >= 0.3 is 5.97 Å². The number of anilines is 3. The van der Waals surface area contributed by atoms with Crippen LogP contribution in [0.2, 0.25) is 0 Å². The van der Waals surface area contributed by atoms with Crippen LogP contribution in [0.25, 0.3) is 10.8 Å². The van der Waals surface area contributed by atoms with Gasteiger partial charge in [-0.05, 0) is 35.4 Å². The zero-order chi connectivity index (χ0) is 20.9. The number of fused-ring (bicyclic) bond motifs is 1. The van der Waals surface area contributed by atoms with E-state index in [2.05, 4.69) is 20.3 Å². The molecule has 0 aliphatic heterocycles. The quantitative estimate of drug-likeness (QED) is 0.473. The van der Waals surface area contributed by atoms with Gasteiger partial charge in [-0.3, -0.25) is 4.79 Å². The monoisotopic (exact) mass is 399 g/mol. The van der Waals surface area contributed by atoms with E-state index in [-0.39, 0.29) is 30.8 Å². The van der Waals surface area contributed by atoms with Crippen LogP contribution < -0.4 is 11.1 Å². The number of hydrogen-bond donors (Lipinski definition) is 2. The number of aryl methyl sites for hydroxylation is 1. The lowest BCUT2D eigenvalue weighted by Crippen LogP contribution is -2.12. The number of benzene rings is 3. The van der Waals surface area contributed by atoms with E-state index in [9.17, 15) is 4.79 Å². The van der Waals surface area contributed by atoms with E-state index in [0.717, 1.165) is 27.6 Å². The molecule has 0 radical (unpaired) electrons. The predicted octanol–water partition coefficient (Wildman–Crippen LogP) is 3.94. The number of carbonyl (C=O) groups is 1. The fourth-order valence-electron chi connectivity index (χ4n) is 3.12. The highest BCUT2D eigenvalue weighted by molar-refractivity contribution is 5.88. The molecule has 7 heteroatoms. The fraction of sp³-hybridized carbons (Fsp3) is 0.130. The maximum Gasteiger partial charge on any atom is 0.310 e. The van der Waals surface area contributed by atoms with Crippen LogP contribution in [0.3, 0.4) is 0 Å². The molecular formula is C23H21N5O2. The molecule has 4 rings (SSSR count). The van der Waals surface area contributed by atoms with Gasteiger partial charge in [0.2, 0.25) is 11.9 Å². The van der Waals surface area contributed by atoms with E-state index in [1.165, 1.54) is 0 Å². The van der Waals surface area contributed by atoms with Crippen LogP contribution in [0.5, 0.6) is 0 Å². The second kappa shape index (κ2) is 8.57. The molecule has 0 amide bonds. The molecule has 1 heterocycles. The first-order valence-corrected chi connectivity index (χ1v) is 9.53. The molecule has 3 aromatic carbocycles. The minimum Gasteiger partial charge on any atom is -0.457 e. The lowest BCUT2D eigenvalue weighted by atomic mass is 10.0. The third kappa shape index (κ3) is 4.70. The van der Waals surface area contributed by atoms with Gasteiger partial charge in [-0.1, -0.05) is 60.2 Å². The summed E-state index contributed by atoms with van der Waals surface area (Å²) in [6.07, 6.45) is 0.163. The van der Waals surface area contributed by atoms with Gasteiger partial charge in [0.1, 0.15) is 0 Å². The number of hydrogen-bond acceptors (Lipinski definition) is 7. The highest BCUT2D eigenvalue weighted by atomic mass is 16.5. The number of ether oxygens (including phenoxy) is 1. The number of nitrogens with one attached hydrogen (secondary N) is 1. The Hall–Kier alpha value is -4.00. The average Bonchev–Trinajstić information content (AvgIpc) is 2.74. The maximum absolute atomic E-state index is 12.4. The van der Waals surface area contributed by atoms with Crippen molar-refractivity contribution < 1.29 is 9.53 Å². The van der Waals surface area contributed by atoms with Gasteiger partial charge < -0.3 is 15.8 Å². The Morgan fingerprint density at radius 2 is 1.73 bits per heavy atom. The van der Waals surface area contributed by atoms with E-state index >= 15 is 0 Å². The Morgan fingerprint density at radius 3 is 2.57 bits per heavy atom. The van der Waals surface area contributed by atoms with Crippen LogP contribution in [-0.2, 0) is 22.6 Å². The van der Waals surface area contributed by atoms with Crippen LogP contribution in [-0.4, -0.2) is 20.9 Å². The van der Waals surface area contributed by atoms with E-state index in [0.29, 0.717) is 5.95 Å². The minimum atomic E-state index is -0.363. The van der Waals surface area contributed by atoms with Crippen LogP contribution >= 0.6 is 0 Å². The number of rotatable bonds is 6. The zero-order valence-corrected chi connectivity index (χ0v) is 16.5. The molecule has 150 valence electrons. The summed E-state index contributed by atoms with van der Waals surface area (Å²) >= 11 is 0. The molecule has 0 bridgehead atoms. The van der Waals surface area contributed by atoms with Gasteiger partial charge in [-0.15, -0.1) is 0 Å². The Kier molecular flexibility index (Phi) is 5.52. The van der Waals surface area contributed by atoms with Crippen LogP contribution in [0.1, 0.15) is 17.0 Å². The van der Waals surface area contributed by atoms with Crippen LogP contribution in [0.15, 0.2) is 66.7 Å². The number of carbonyl (C=O) groups excluding carboxylic acids is 1. The predicted molar refractivity (Wildman–Crippen MR) is 116 cm³/mol. The lowest BCUT2D eigenvalue weighted by molar-refractivity contribution is -0.144. The number of nitrogens with two attached hydrogens (primary N) is 1. The summed E-state index contributed by atoms with van der Waals surface area (Å²) in [5.74, 6) is 0.271. The molecule has 4 aromatic rings. The topological polar surface area (TPSA) is 103 Å². The zero-order valence-electron chi connectivity index (χ0n) is 16.5. The van der Waals surface area contributed by atoms with Gasteiger partial charge in [-0.2, -0.15) is 15.0 Å². The van der Waals surface area contributed by atoms with Gasteiger partial charge in [0.15, 0.2) is 12.4 Å². The largest absolute Gasteiger partial charge is 0.457 e. The normalized spacial score (nSPS) is 10.7. The van der Waals surface area contributed by atoms with Crippen molar-refractivity contribution >= 4 is 34.3 Å². The molecule has 0 saturated heterocycles. The van der Waals surface area contributed by atoms with Crippen molar-refractivity contribution in [1.29, 1.82) is 0 Å². The summed E-state index contributed by atoms with van der Waals surface area (Å²) in [5.41, 5.74) is 8.67. The molecule has 3 N–H and O–H groups in total. The molecule has 7 nitrogen and oxygen atoms in total. The van der Waals surface area contributed by atoms with Crippen molar-refractivity contribution in [3.05, 3.63) is 83.7 Å². The molecule has 30 heavy (non-hydrogen) atoms. The average molecular weight is 399 g/mol. The first-order valence-electron chi connectivity index (χ1n) is 9.53. The molecule has 0 unspecified atom stereocenters. The van der Waals surface area contributed by atoms with Crippen molar-refractivity contribution in [1.82, 2.24) is 15.0 Å². The first kappa shape index (κ1) is 19.3. The molecule has 0 saturated carbocycles. The van der Waals surface area contributed by atoms with Gasteiger partial charge in [-0.25, -0.2) is 0 Å². The number of nitrogen functional groups attached to an aromatic ring is 1. The Balaban J connectivity index is 1.42. The smallest absolute Gasteiger partial charge is 0.310 e. The van der Waals surface area contributed by atoms with Gasteiger partial charge in [0.05, 0.1) is 6.42 Å². The Labute approximate surface area is 174 Å². The van der Waals surface area contributed by atoms with Crippen molar-refractivity contribution in [2.45, 2.75) is 20.0 Å². The SMILES string of the molecule is Cc1ccc(Nc2nc(N)nc(COC(=O)Cc3cccc4ccccc34)n2)cc1. The Morgan fingerprint density at radius 1 is 0.967 bits per heavy atom. The minimum absolute atomic E-state index is 0.0553. The van der Waals surface area contributed by atoms with E-state index in [4.69, 9.17) is 10.5 Å². The summed E-state index contributed by atoms with van der Waals surface area (Å²) in [5, 5.41) is 5.19. The summed E-state index contributed by atoms with van der Waals surface area (Å²) in [6.45, 7) is 1.92. The highest BCUT2D eigenvalue weighted by Crippen LogP contribution is 2.19. The Bertz CT molecular complexity index is 1190. The van der Waals surface area contributed by atoms with Crippen molar-refractivity contribution in [3.8, 4) is 0 Å². The molecular weight excluding hydrogens is 378 g/mol. The van der Waals surface area contributed by atoms with Gasteiger partial charge in [0.25, 0.3) is 0 Å². The summed E-state index contributed by atoms with van der Waals surface area (Å²) < 4.78 is 5.38. The second-order valence-corrected chi connectivity index (χ2v) is 6.90. The molecule has 0 spiro atoms. The third-order valence-electron chi connectivity index (χ3n) is 4.58. The lowest BCUT2D eigenvalue weighted by Gasteiger charge is -2.09. The number of nitrogens with zero attached hydrogens (tertiary/aromatic N) is 3. The summed E-state index contributed by atoms with van der Waals surface area (Å²) in [6, 6.07) is 21.6. The van der Waals surface area contributed by atoms with Crippen LogP contribution in [0.4, 0.5) is 17.6 Å². The van der Waals surface area contributed by atoms with E-state index in [1.807, 2.05) is 73.7 Å². The fourth-order valence-corrected chi connectivity index (χ4v) is 3.12. The molecule has 0 aliphatic rings. The second-order valence-electron chi connectivity index (χ2n) is 6.90. The number of esters is 1. The third-order valence-corrected chi connectivity index (χ3v) is 4.58. The molecule has 0 aliphatic carbocycles.